The van der Waals surface area contributed by atoms with Gasteiger partial charge in [0.1, 0.15) is 5.75 Å². The van der Waals surface area contributed by atoms with Crippen molar-refractivity contribution in [1.82, 2.24) is 4.98 Å². The smallest absolute Gasteiger partial charge is 0.416 e. The molecule has 21 heavy (non-hydrogen) atoms. The summed E-state index contributed by atoms with van der Waals surface area (Å²) in [5, 5.41) is 8.90. The van der Waals surface area contributed by atoms with E-state index in [1.54, 1.807) is 0 Å². The van der Waals surface area contributed by atoms with Crippen LogP contribution in [0.15, 0.2) is 36.5 Å². The number of pyridine rings is 1. The molecule has 1 aromatic carbocycles. The SMILES string of the molecule is O=C(O)c1cc(Oc2cc(C(F)(F)F)ccn2)ccc1Cl. The minimum absolute atomic E-state index is 0.00754. The van der Waals surface area contributed by atoms with E-state index >= 15 is 0 Å². The van der Waals surface area contributed by atoms with Crippen molar-refractivity contribution in [1.29, 1.82) is 0 Å². The van der Waals surface area contributed by atoms with Crippen LogP contribution < -0.4 is 4.74 Å². The lowest BCUT2D eigenvalue weighted by Crippen LogP contribution is -2.05. The molecule has 0 aliphatic rings. The minimum Gasteiger partial charge on any atom is -0.478 e. The maximum absolute atomic E-state index is 12.6. The Balaban J connectivity index is 2.31. The van der Waals surface area contributed by atoms with Crippen molar-refractivity contribution in [3.05, 3.63) is 52.7 Å². The second kappa shape index (κ2) is 5.61. The van der Waals surface area contributed by atoms with E-state index in [2.05, 4.69) is 4.98 Å². The fourth-order valence-electron chi connectivity index (χ4n) is 1.49. The molecule has 4 nitrogen and oxygen atoms in total. The molecule has 0 radical (unpaired) electrons. The van der Waals surface area contributed by atoms with E-state index in [4.69, 9.17) is 21.4 Å². The summed E-state index contributed by atoms with van der Waals surface area (Å²) in [6.45, 7) is 0. The second-order valence-electron chi connectivity index (χ2n) is 3.93. The number of aromatic carboxylic acids is 1. The van der Waals surface area contributed by atoms with E-state index in [0.29, 0.717) is 0 Å². The predicted octanol–water partition coefficient (Wildman–Crippen LogP) is 4.24. The Kier molecular flexibility index (Phi) is 4.04. The summed E-state index contributed by atoms with van der Waals surface area (Å²) in [6.07, 6.45) is -3.57. The van der Waals surface area contributed by atoms with Crippen LogP contribution >= 0.6 is 11.6 Å². The first-order chi connectivity index (χ1) is 9.77. The molecule has 0 amide bonds. The number of ether oxygens (including phenoxy) is 1. The molecule has 1 N–H and O–H groups in total. The lowest BCUT2D eigenvalue weighted by molar-refractivity contribution is -0.137. The molecule has 110 valence electrons. The number of rotatable bonds is 3. The largest absolute Gasteiger partial charge is 0.478 e. The van der Waals surface area contributed by atoms with Crippen molar-refractivity contribution in [2.45, 2.75) is 6.18 Å². The Morgan fingerprint density at radius 3 is 2.57 bits per heavy atom. The molecule has 0 saturated carbocycles. The van der Waals surface area contributed by atoms with Gasteiger partial charge in [-0.15, -0.1) is 0 Å². The molecule has 1 heterocycles. The van der Waals surface area contributed by atoms with Crippen molar-refractivity contribution in [2.24, 2.45) is 0 Å². The van der Waals surface area contributed by atoms with Crippen LogP contribution in [0, 0.1) is 0 Å². The third kappa shape index (κ3) is 3.63. The van der Waals surface area contributed by atoms with E-state index < -0.39 is 17.7 Å². The van der Waals surface area contributed by atoms with Crippen molar-refractivity contribution < 1.29 is 27.8 Å². The first kappa shape index (κ1) is 15.1. The fourth-order valence-corrected chi connectivity index (χ4v) is 1.69. The van der Waals surface area contributed by atoms with Gasteiger partial charge in [0, 0.05) is 12.3 Å². The average molecular weight is 318 g/mol. The maximum atomic E-state index is 12.6. The Bertz CT molecular complexity index is 689. The highest BCUT2D eigenvalue weighted by Crippen LogP contribution is 2.32. The monoisotopic (exact) mass is 317 g/mol. The minimum atomic E-state index is -4.52. The van der Waals surface area contributed by atoms with E-state index in [0.717, 1.165) is 24.4 Å². The van der Waals surface area contributed by atoms with Crippen LogP contribution in [0.1, 0.15) is 15.9 Å². The number of aromatic nitrogens is 1. The summed E-state index contributed by atoms with van der Waals surface area (Å²) in [7, 11) is 0. The first-order valence-corrected chi connectivity index (χ1v) is 5.89. The van der Waals surface area contributed by atoms with Gasteiger partial charge < -0.3 is 9.84 Å². The number of carboxylic acids is 1. The highest BCUT2D eigenvalue weighted by Gasteiger charge is 2.31. The Morgan fingerprint density at radius 2 is 1.95 bits per heavy atom. The van der Waals surface area contributed by atoms with Crippen LogP contribution in [-0.2, 0) is 6.18 Å². The van der Waals surface area contributed by atoms with Crippen molar-refractivity contribution in [2.75, 3.05) is 0 Å². The van der Waals surface area contributed by atoms with Gasteiger partial charge in [0.05, 0.1) is 16.1 Å². The van der Waals surface area contributed by atoms with E-state index in [1.807, 2.05) is 0 Å². The van der Waals surface area contributed by atoms with Gasteiger partial charge in [-0.1, -0.05) is 11.6 Å². The number of carboxylic acid groups (broad SMARTS) is 1. The average Bonchev–Trinajstić information content (AvgIpc) is 2.40. The summed E-state index contributed by atoms with van der Waals surface area (Å²) < 4.78 is 42.8. The number of hydrogen-bond donors (Lipinski definition) is 1. The first-order valence-electron chi connectivity index (χ1n) is 5.51. The molecular weight excluding hydrogens is 311 g/mol. The van der Waals surface area contributed by atoms with Gasteiger partial charge in [0.2, 0.25) is 5.88 Å². The normalized spacial score (nSPS) is 11.2. The molecule has 2 aromatic rings. The molecule has 1 aromatic heterocycles. The predicted molar refractivity (Wildman–Crippen MR) is 67.7 cm³/mol. The topological polar surface area (TPSA) is 59.4 Å². The second-order valence-corrected chi connectivity index (χ2v) is 4.34. The highest BCUT2D eigenvalue weighted by atomic mass is 35.5. The Hall–Kier alpha value is -2.28. The van der Waals surface area contributed by atoms with Gasteiger partial charge >= 0.3 is 12.1 Å². The lowest BCUT2D eigenvalue weighted by Gasteiger charge is -2.09. The standard InChI is InChI=1S/C13H7ClF3NO3/c14-10-2-1-8(6-9(10)12(19)20)21-11-5-7(3-4-18-11)13(15,16)17/h1-6H,(H,19,20). The third-order valence-electron chi connectivity index (χ3n) is 2.45. The molecule has 0 unspecified atom stereocenters. The molecule has 0 fully saturated rings. The van der Waals surface area contributed by atoms with Gasteiger partial charge in [0.25, 0.3) is 0 Å². The zero-order valence-electron chi connectivity index (χ0n) is 10.2. The van der Waals surface area contributed by atoms with Crippen LogP contribution in [0.4, 0.5) is 13.2 Å². The summed E-state index contributed by atoms with van der Waals surface area (Å²) in [6, 6.07) is 5.23. The summed E-state index contributed by atoms with van der Waals surface area (Å²) in [5.41, 5.74) is -1.14. The van der Waals surface area contributed by atoms with Crippen molar-refractivity contribution in [3.63, 3.8) is 0 Å². The quantitative estimate of drug-likeness (QED) is 0.919. The van der Waals surface area contributed by atoms with Gasteiger partial charge in [0.15, 0.2) is 0 Å². The molecule has 0 atom stereocenters. The molecule has 0 bridgehead atoms. The molecule has 0 aliphatic carbocycles. The number of carbonyl (C=O) groups is 1. The van der Waals surface area contributed by atoms with Crippen LogP contribution in [0.2, 0.25) is 5.02 Å². The van der Waals surface area contributed by atoms with Crippen LogP contribution in [0.5, 0.6) is 11.6 Å². The summed E-state index contributed by atoms with van der Waals surface area (Å²) in [4.78, 5) is 14.6. The van der Waals surface area contributed by atoms with E-state index in [9.17, 15) is 18.0 Å². The number of benzene rings is 1. The molecule has 8 heteroatoms. The zero-order chi connectivity index (χ0) is 15.6. The molecule has 0 aliphatic heterocycles. The summed E-state index contributed by atoms with van der Waals surface area (Å²) >= 11 is 5.68. The molecule has 2 rings (SSSR count). The van der Waals surface area contributed by atoms with Crippen LogP contribution in [-0.4, -0.2) is 16.1 Å². The molecule has 0 spiro atoms. The number of hydrogen-bond acceptors (Lipinski definition) is 3. The van der Waals surface area contributed by atoms with Gasteiger partial charge in [-0.25, -0.2) is 9.78 Å². The lowest BCUT2D eigenvalue weighted by atomic mass is 10.2. The number of halogens is 4. The van der Waals surface area contributed by atoms with Gasteiger partial charge in [-0.2, -0.15) is 13.2 Å². The summed E-state index contributed by atoms with van der Waals surface area (Å²) in [5.74, 6) is -1.56. The zero-order valence-corrected chi connectivity index (χ0v) is 10.9. The van der Waals surface area contributed by atoms with E-state index in [1.165, 1.54) is 12.1 Å². The fraction of sp³-hybridized carbons (Fsp3) is 0.0769. The number of alkyl halides is 3. The van der Waals surface area contributed by atoms with Crippen LogP contribution in [0.3, 0.4) is 0 Å². The third-order valence-corrected chi connectivity index (χ3v) is 2.78. The number of nitrogens with zero attached hydrogens (tertiary/aromatic N) is 1. The maximum Gasteiger partial charge on any atom is 0.416 e. The van der Waals surface area contributed by atoms with Gasteiger partial charge in [-0.05, 0) is 24.3 Å². The van der Waals surface area contributed by atoms with Gasteiger partial charge in [-0.3, -0.25) is 0 Å². The Morgan fingerprint density at radius 1 is 1.24 bits per heavy atom. The molecule has 0 saturated heterocycles. The molecular formula is C13H7ClF3NO3. The van der Waals surface area contributed by atoms with Crippen molar-refractivity contribution in [3.8, 4) is 11.6 Å². The van der Waals surface area contributed by atoms with Crippen LogP contribution in [0.25, 0.3) is 0 Å². The Labute approximate surface area is 121 Å². The van der Waals surface area contributed by atoms with E-state index in [-0.39, 0.29) is 22.2 Å². The highest BCUT2D eigenvalue weighted by molar-refractivity contribution is 6.33. The van der Waals surface area contributed by atoms with Crippen molar-refractivity contribution >= 4 is 17.6 Å².